The minimum Gasteiger partial charge on any atom is -0.288 e. The Morgan fingerprint density at radius 1 is 1.38 bits per heavy atom. The monoisotopic (exact) mass is 176 g/mol. The van der Waals surface area contributed by atoms with Crippen molar-refractivity contribution in [3.8, 4) is 17.3 Å². The van der Waals surface area contributed by atoms with E-state index in [0.29, 0.717) is 11.5 Å². The van der Waals surface area contributed by atoms with Gasteiger partial charge in [-0.05, 0) is 17.3 Å². The molecule has 0 saturated carbocycles. The molecule has 65 valence electrons. The van der Waals surface area contributed by atoms with Crippen LogP contribution in [0.25, 0.3) is 11.5 Å². The van der Waals surface area contributed by atoms with E-state index in [1.54, 1.807) is 13.1 Å². The molecule has 0 unspecified atom stereocenters. The largest absolute Gasteiger partial charge is 0.288 e. The van der Waals surface area contributed by atoms with Crippen molar-refractivity contribution in [2.24, 2.45) is 7.05 Å². The summed E-state index contributed by atoms with van der Waals surface area (Å²) in [5.74, 6) is 0.287. The first-order chi connectivity index (χ1) is 6.25. The van der Waals surface area contributed by atoms with E-state index in [-0.39, 0.29) is 5.75 Å². The van der Waals surface area contributed by atoms with E-state index in [4.69, 9.17) is 0 Å². The fourth-order valence-corrected chi connectivity index (χ4v) is 0.899. The number of hydrogen-bond donors (Lipinski definition) is 0. The summed E-state index contributed by atoms with van der Waals surface area (Å²) in [7, 11) is 1.67. The van der Waals surface area contributed by atoms with Gasteiger partial charge < -0.3 is 0 Å². The third kappa shape index (κ3) is 1.46. The highest BCUT2D eigenvalue weighted by molar-refractivity contribution is 5.47. The minimum absolute atomic E-state index is 0.132. The number of nitrogens with zero attached hydrogens (tertiary/aromatic N) is 5. The standard InChI is InChI=1S/C7H6N5O/c1-12-10-7(9-11-12)6-3-2-5(13)4-8-6/h2-4H,1H3. The zero-order chi connectivity index (χ0) is 9.26. The van der Waals surface area contributed by atoms with Crippen molar-refractivity contribution in [2.75, 3.05) is 0 Å². The second kappa shape index (κ2) is 2.81. The first-order valence-electron chi connectivity index (χ1n) is 3.63. The van der Waals surface area contributed by atoms with Crippen molar-refractivity contribution >= 4 is 0 Å². The van der Waals surface area contributed by atoms with E-state index < -0.39 is 0 Å². The Morgan fingerprint density at radius 2 is 2.23 bits per heavy atom. The molecular formula is C7H6N5O. The number of aromatic nitrogens is 5. The number of tetrazole rings is 1. The van der Waals surface area contributed by atoms with Gasteiger partial charge in [-0.25, -0.2) is 4.98 Å². The molecule has 0 aromatic carbocycles. The molecule has 2 aromatic rings. The van der Waals surface area contributed by atoms with Crippen LogP contribution in [0.2, 0.25) is 0 Å². The predicted octanol–water partition coefficient (Wildman–Crippen LogP) is 0.416. The molecule has 0 N–H and O–H groups in total. The topological polar surface area (TPSA) is 76.4 Å². The van der Waals surface area contributed by atoms with Gasteiger partial charge in [0, 0.05) is 0 Å². The van der Waals surface area contributed by atoms with Crippen LogP contribution in [0.1, 0.15) is 0 Å². The van der Waals surface area contributed by atoms with Gasteiger partial charge in [-0.1, -0.05) is 0 Å². The molecule has 13 heavy (non-hydrogen) atoms. The summed E-state index contributed by atoms with van der Waals surface area (Å²) in [5.41, 5.74) is 0.549. The lowest BCUT2D eigenvalue weighted by Crippen LogP contribution is -1.92. The molecule has 6 nitrogen and oxygen atoms in total. The van der Waals surface area contributed by atoms with Gasteiger partial charge in [0.15, 0.2) is 5.75 Å². The van der Waals surface area contributed by atoms with Crippen LogP contribution in [-0.2, 0) is 12.2 Å². The smallest absolute Gasteiger partial charge is 0.223 e. The van der Waals surface area contributed by atoms with Crippen LogP contribution in [0.3, 0.4) is 0 Å². The summed E-state index contributed by atoms with van der Waals surface area (Å²) in [4.78, 5) is 5.21. The molecule has 0 fully saturated rings. The fourth-order valence-electron chi connectivity index (χ4n) is 0.899. The highest BCUT2D eigenvalue weighted by atomic mass is 16.3. The second-order valence-electron chi connectivity index (χ2n) is 2.48. The molecule has 0 atom stereocenters. The van der Waals surface area contributed by atoms with E-state index in [2.05, 4.69) is 20.4 Å². The summed E-state index contributed by atoms with van der Waals surface area (Å²) >= 11 is 0. The molecule has 0 aliphatic carbocycles. The van der Waals surface area contributed by atoms with Gasteiger partial charge in [0.2, 0.25) is 5.82 Å². The van der Waals surface area contributed by atoms with Crippen LogP contribution in [0.4, 0.5) is 0 Å². The number of aryl methyl sites for hydroxylation is 1. The Kier molecular flexibility index (Phi) is 1.66. The molecule has 0 bridgehead atoms. The normalized spacial score (nSPS) is 10.2. The summed E-state index contributed by atoms with van der Waals surface area (Å²) in [5, 5.41) is 22.1. The zero-order valence-electron chi connectivity index (χ0n) is 6.88. The predicted molar refractivity (Wildman–Crippen MR) is 42.2 cm³/mol. The highest BCUT2D eigenvalue weighted by Gasteiger charge is 2.05. The lowest BCUT2D eigenvalue weighted by Gasteiger charge is -1.90. The van der Waals surface area contributed by atoms with E-state index in [0.717, 1.165) is 0 Å². The van der Waals surface area contributed by atoms with E-state index in [9.17, 15) is 5.11 Å². The van der Waals surface area contributed by atoms with Crippen LogP contribution in [-0.4, -0.2) is 25.2 Å². The average molecular weight is 176 g/mol. The average Bonchev–Trinajstić information content (AvgIpc) is 2.53. The Labute approximate surface area is 73.9 Å². The lowest BCUT2D eigenvalue weighted by molar-refractivity contribution is 0.353. The highest BCUT2D eigenvalue weighted by Crippen LogP contribution is 2.13. The first-order valence-corrected chi connectivity index (χ1v) is 3.63. The van der Waals surface area contributed by atoms with Crippen LogP contribution in [0.5, 0.6) is 5.75 Å². The molecule has 0 aliphatic heterocycles. The van der Waals surface area contributed by atoms with Crippen molar-refractivity contribution in [3.05, 3.63) is 18.3 Å². The van der Waals surface area contributed by atoms with Gasteiger partial charge in [0.25, 0.3) is 0 Å². The van der Waals surface area contributed by atoms with Crippen molar-refractivity contribution in [1.82, 2.24) is 25.2 Å². The molecule has 0 aliphatic rings. The third-order valence-electron chi connectivity index (χ3n) is 1.47. The summed E-state index contributed by atoms with van der Waals surface area (Å²) in [6, 6.07) is 2.98. The maximum atomic E-state index is 10.7. The Hall–Kier alpha value is -1.98. The summed E-state index contributed by atoms with van der Waals surface area (Å²) in [6.45, 7) is 0. The van der Waals surface area contributed by atoms with Gasteiger partial charge in [-0.3, -0.25) is 5.11 Å². The van der Waals surface area contributed by atoms with Crippen molar-refractivity contribution in [1.29, 1.82) is 0 Å². The first kappa shape index (κ1) is 7.66. The van der Waals surface area contributed by atoms with Crippen LogP contribution < -0.4 is 0 Å². The molecule has 0 saturated heterocycles. The third-order valence-corrected chi connectivity index (χ3v) is 1.47. The van der Waals surface area contributed by atoms with Crippen molar-refractivity contribution in [2.45, 2.75) is 0 Å². The van der Waals surface area contributed by atoms with Crippen LogP contribution in [0.15, 0.2) is 18.3 Å². The van der Waals surface area contributed by atoms with Crippen LogP contribution >= 0.6 is 0 Å². The van der Waals surface area contributed by atoms with Crippen molar-refractivity contribution in [3.63, 3.8) is 0 Å². The number of hydrogen-bond acceptors (Lipinski definition) is 4. The summed E-state index contributed by atoms with van der Waals surface area (Å²) < 4.78 is 0. The molecule has 1 radical (unpaired) electrons. The molecule has 2 aromatic heterocycles. The second-order valence-corrected chi connectivity index (χ2v) is 2.48. The molecular weight excluding hydrogens is 170 g/mol. The number of pyridine rings is 1. The molecule has 2 heterocycles. The maximum absolute atomic E-state index is 10.7. The van der Waals surface area contributed by atoms with Gasteiger partial charge >= 0.3 is 0 Å². The molecule has 2 rings (SSSR count). The SMILES string of the molecule is Cn1nnc(-c2ccc([O])cn2)n1. The quantitative estimate of drug-likeness (QED) is 0.630. The number of rotatable bonds is 1. The van der Waals surface area contributed by atoms with Gasteiger partial charge in [0.05, 0.1) is 13.2 Å². The van der Waals surface area contributed by atoms with Gasteiger partial charge in [-0.15, -0.1) is 10.2 Å². The minimum atomic E-state index is -0.132. The Bertz CT molecular complexity index is 407. The zero-order valence-corrected chi connectivity index (χ0v) is 6.88. The van der Waals surface area contributed by atoms with Crippen molar-refractivity contribution < 1.29 is 5.11 Å². The van der Waals surface area contributed by atoms with E-state index in [1.807, 2.05) is 0 Å². The maximum Gasteiger partial charge on any atom is 0.223 e. The van der Waals surface area contributed by atoms with E-state index >= 15 is 0 Å². The molecule has 0 spiro atoms. The van der Waals surface area contributed by atoms with E-state index in [1.165, 1.54) is 17.1 Å². The summed E-state index contributed by atoms with van der Waals surface area (Å²) in [6.07, 6.45) is 1.23. The van der Waals surface area contributed by atoms with Gasteiger partial charge in [-0.2, -0.15) is 4.80 Å². The molecule has 6 heteroatoms. The fraction of sp³-hybridized carbons (Fsp3) is 0.143. The Morgan fingerprint density at radius 3 is 2.77 bits per heavy atom. The Balaban J connectivity index is 2.41. The van der Waals surface area contributed by atoms with Gasteiger partial charge in [0.1, 0.15) is 5.69 Å². The molecule has 0 amide bonds. The van der Waals surface area contributed by atoms with Crippen LogP contribution in [0, 0.1) is 0 Å². The lowest BCUT2D eigenvalue weighted by atomic mass is 10.3.